The van der Waals surface area contributed by atoms with Crippen LogP contribution in [0.5, 0.6) is 0 Å². The molecule has 1 aromatic rings. The molecule has 69 valence electrons. The Hall–Kier alpha value is -1.31. The second-order valence-electron chi connectivity index (χ2n) is 2.92. The van der Waals surface area contributed by atoms with Gasteiger partial charge >= 0.3 is 6.47 Å². The van der Waals surface area contributed by atoms with E-state index in [-0.39, 0.29) is 6.10 Å². The van der Waals surface area contributed by atoms with E-state index in [1.165, 1.54) is 12.0 Å². The topological polar surface area (TPSA) is 26.3 Å². The molecule has 0 bridgehead atoms. The van der Waals surface area contributed by atoms with Gasteiger partial charge in [-0.2, -0.15) is 0 Å². The fourth-order valence-electron chi connectivity index (χ4n) is 1.21. The van der Waals surface area contributed by atoms with E-state index in [1.807, 2.05) is 37.3 Å². The number of ether oxygens (including phenoxy) is 1. The number of benzene rings is 1. The molecule has 2 nitrogen and oxygen atoms in total. The van der Waals surface area contributed by atoms with Crippen molar-refractivity contribution in [3.63, 3.8) is 0 Å². The molecule has 0 aliphatic rings. The second kappa shape index (κ2) is 5.36. The average Bonchev–Trinajstić information content (AvgIpc) is 2.19. The molecule has 0 heterocycles. The Labute approximate surface area is 78.5 Å². The molecule has 0 aliphatic heterocycles. The van der Waals surface area contributed by atoms with E-state index in [9.17, 15) is 4.79 Å². The molecular weight excluding hydrogens is 164 g/mol. The SMILES string of the molecule is CCC(Cc1ccccc1)O[C]=O. The van der Waals surface area contributed by atoms with Crippen molar-refractivity contribution in [3.05, 3.63) is 35.9 Å². The summed E-state index contributed by atoms with van der Waals surface area (Å²) in [6.07, 6.45) is 1.55. The van der Waals surface area contributed by atoms with Crippen LogP contribution in [0.1, 0.15) is 18.9 Å². The van der Waals surface area contributed by atoms with Gasteiger partial charge in [0.15, 0.2) is 0 Å². The molecule has 0 spiro atoms. The first-order valence-electron chi connectivity index (χ1n) is 4.43. The van der Waals surface area contributed by atoms with Crippen molar-refractivity contribution in [2.45, 2.75) is 25.9 Å². The summed E-state index contributed by atoms with van der Waals surface area (Å²) in [6, 6.07) is 9.98. The zero-order chi connectivity index (χ0) is 9.52. The van der Waals surface area contributed by atoms with Gasteiger partial charge in [0.2, 0.25) is 0 Å². The predicted molar refractivity (Wildman–Crippen MR) is 51.0 cm³/mol. The van der Waals surface area contributed by atoms with Crippen molar-refractivity contribution in [2.75, 3.05) is 0 Å². The van der Waals surface area contributed by atoms with Crippen LogP contribution in [0.15, 0.2) is 30.3 Å². The summed E-state index contributed by atoms with van der Waals surface area (Å²) >= 11 is 0. The van der Waals surface area contributed by atoms with Crippen LogP contribution in [0.25, 0.3) is 0 Å². The monoisotopic (exact) mass is 177 g/mol. The Morgan fingerprint density at radius 2 is 2.08 bits per heavy atom. The largest absolute Gasteiger partial charge is 0.454 e. The van der Waals surface area contributed by atoms with E-state index in [0.717, 1.165) is 12.8 Å². The van der Waals surface area contributed by atoms with Crippen LogP contribution < -0.4 is 0 Å². The first-order valence-corrected chi connectivity index (χ1v) is 4.43. The molecule has 13 heavy (non-hydrogen) atoms. The quantitative estimate of drug-likeness (QED) is 0.688. The van der Waals surface area contributed by atoms with Crippen molar-refractivity contribution in [1.29, 1.82) is 0 Å². The molecule has 0 fully saturated rings. The van der Waals surface area contributed by atoms with Gasteiger partial charge in [0.05, 0.1) is 0 Å². The number of hydrogen-bond acceptors (Lipinski definition) is 2. The molecule has 1 unspecified atom stereocenters. The van der Waals surface area contributed by atoms with Gasteiger partial charge in [-0.3, -0.25) is 0 Å². The zero-order valence-corrected chi connectivity index (χ0v) is 7.69. The zero-order valence-electron chi connectivity index (χ0n) is 7.69. The van der Waals surface area contributed by atoms with Crippen molar-refractivity contribution >= 4 is 6.47 Å². The molecule has 0 aliphatic carbocycles. The van der Waals surface area contributed by atoms with Gasteiger partial charge < -0.3 is 4.74 Å². The van der Waals surface area contributed by atoms with Crippen LogP contribution in [0.2, 0.25) is 0 Å². The lowest BCUT2D eigenvalue weighted by molar-refractivity contribution is 0.172. The minimum Gasteiger partial charge on any atom is -0.454 e. The van der Waals surface area contributed by atoms with Gasteiger partial charge in [-0.25, -0.2) is 4.79 Å². The third-order valence-corrected chi connectivity index (χ3v) is 1.98. The molecule has 1 atom stereocenters. The Morgan fingerprint density at radius 3 is 2.62 bits per heavy atom. The lowest BCUT2D eigenvalue weighted by Crippen LogP contribution is -2.13. The van der Waals surface area contributed by atoms with Crippen molar-refractivity contribution in [3.8, 4) is 0 Å². The normalized spacial score (nSPS) is 12.1. The summed E-state index contributed by atoms with van der Waals surface area (Å²) in [7, 11) is 0. The summed E-state index contributed by atoms with van der Waals surface area (Å²) < 4.78 is 4.79. The summed E-state index contributed by atoms with van der Waals surface area (Å²) in [5.74, 6) is 0. The molecule has 2 heteroatoms. The van der Waals surface area contributed by atoms with Crippen LogP contribution >= 0.6 is 0 Å². The number of hydrogen-bond donors (Lipinski definition) is 0. The standard InChI is InChI=1S/C11H13O2/c1-2-11(13-9-12)8-10-6-4-3-5-7-10/h3-7,11H,2,8H2,1H3. The lowest BCUT2D eigenvalue weighted by atomic mass is 10.1. The van der Waals surface area contributed by atoms with Gasteiger partial charge in [0.25, 0.3) is 0 Å². The first-order chi connectivity index (χ1) is 6.36. The van der Waals surface area contributed by atoms with Crippen molar-refractivity contribution in [1.82, 2.24) is 0 Å². The maximum atomic E-state index is 10.0. The summed E-state index contributed by atoms with van der Waals surface area (Å²) in [6.45, 7) is 3.48. The van der Waals surface area contributed by atoms with Crippen LogP contribution in [0.3, 0.4) is 0 Å². The maximum absolute atomic E-state index is 10.0. The fourth-order valence-corrected chi connectivity index (χ4v) is 1.21. The highest BCUT2D eigenvalue weighted by molar-refractivity contribution is 5.38. The van der Waals surface area contributed by atoms with E-state index < -0.39 is 0 Å². The Balaban J connectivity index is 2.51. The van der Waals surface area contributed by atoms with Gasteiger partial charge in [0, 0.05) is 6.42 Å². The number of rotatable bonds is 5. The highest BCUT2D eigenvalue weighted by atomic mass is 16.5. The Bertz CT molecular complexity index is 244. The minimum absolute atomic E-state index is 0.0418. The van der Waals surface area contributed by atoms with Gasteiger partial charge in [-0.1, -0.05) is 37.3 Å². The highest BCUT2D eigenvalue weighted by Crippen LogP contribution is 2.07. The van der Waals surface area contributed by atoms with Crippen molar-refractivity contribution in [2.24, 2.45) is 0 Å². The third kappa shape index (κ3) is 3.28. The summed E-state index contributed by atoms with van der Waals surface area (Å²) in [4.78, 5) is 10.0. The molecule has 0 saturated heterocycles. The fraction of sp³-hybridized carbons (Fsp3) is 0.364. The molecule has 0 N–H and O–H groups in total. The Morgan fingerprint density at radius 1 is 1.38 bits per heavy atom. The molecule has 0 aromatic heterocycles. The van der Waals surface area contributed by atoms with Gasteiger partial charge in [-0.15, -0.1) is 0 Å². The summed E-state index contributed by atoms with van der Waals surface area (Å²) in [5, 5.41) is 0. The number of carbonyl (C=O) groups excluding carboxylic acids is 1. The third-order valence-electron chi connectivity index (χ3n) is 1.98. The average molecular weight is 177 g/mol. The van der Waals surface area contributed by atoms with E-state index >= 15 is 0 Å². The van der Waals surface area contributed by atoms with Crippen LogP contribution in [0.4, 0.5) is 0 Å². The molecular formula is C11H13O2. The smallest absolute Gasteiger partial charge is 0.417 e. The minimum atomic E-state index is -0.0418. The van der Waals surface area contributed by atoms with E-state index in [4.69, 9.17) is 4.74 Å². The molecule has 0 saturated carbocycles. The summed E-state index contributed by atoms with van der Waals surface area (Å²) in [5.41, 5.74) is 1.18. The highest BCUT2D eigenvalue weighted by Gasteiger charge is 2.07. The van der Waals surface area contributed by atoms with E-state index in [0.29, 0.717) is 0 Å². The molecule has 1 aromatic carbocycles. The molecule has 1 rings (SSSR count). The van der Waals surface area contributed by atoms with Crippen molar-refractivity contribution < 1.29 is 9.53 Å². The molecule has 1 radical (unpaired) electrons. The lowest BCUT2D eigenvalue weighted by Gasteiger charge is -2.11. The Kier molecular flexibility index (Phi) is 4.03. The predicted octanol–water partition coefficient (Wildman–Crippen LogP) is 2.09. The van der Waals surface area contributed by atoms with Gasteiger partial charge in [0.1, 0.15) is 6.10 Å². The second-order valence-corrected chi connectivity index (χ2v) is 2.92. The molecule has 0 amide bonds. The van der Waals surface area contributed by atoms with Crippen LogP contribution in [-0.2, 0) is 16.0 Å². The van der Waals surface area contributed by atoms with Gasteiger partial charge in [-0.05, 0) is 12.0 Å². The first kappa shape index (κ1) is 9.78. The van der Waals surface area contributed by atoms with Crippen LogP contribution in [0, 0.1) is 0 Å². The van der Waals surface area contributed by atoms with Crippen LogP contribution in [-0.4, -0.2) is 12.6 Å². The van der Waals surface area contributed by atoms with E-state index in [2.05, 4.69) is 0 Å². The maximum Gasteiger partial charge on any atom is 0.417 e. The van der Waals surface area contributed by atoms with E-state index in [1.54, 1.807) is 0 Å².